The van der Waals surface area contributed by atoms with Gasteiger partial charge in [-0.2, -0.15) is 0 Å². The predicted molar refractivity (Wildman–Crippen MR) is 95.2 cm³/mol. The third-order valence-corrected chi connectivity index (χ3v) is 5.16. The number of imide groups is 1. The highest BCUT2D eigenvalue weighted by Crippen LogP contribution is 2.27. The number of hydrogen-bond donors (Lipinski definition) is 0. The summed E-state index contributed by atoms with van der Waals surface area (Å²) in [4.78, 5) is 28.4. The average molecular weight is 322 g/mol. The molecule has 4 nitrogen and oxygen atoms in total. The highest BCUT2D eigenvalue weighted by Gasteiger charge is 2.43. The molecule has 0 aromatic rings. The maximum Gasteiger partial charge on any atom is 0.327 e. The van der Waals surface area contributed by atoms with E-state index in [-0.39, 0.29) is 29.9 Å². The molecule has 0 spiro atoms. The van der Waals surface area contributed by atoms with Crippen LogP contribution >= 0.6 is 0 Å². The second-order valence-corrected chi connectivity index (χ2v) is 6.85. The van der Waals surface area contributed by atoms with E-state index in [2.05, 4.69) is 13.5 Å². The van der Waals surface area contributed by atoms with E-state index in [0.29, 0.717) is 0 Å². The molecule has 0 N–H and O–H groups in total. The average Bonchev–Trinajstić information content (AvgIpc) is 2.72. The van der Waals surface area contributed by atoms with Gasteiger partial charge in [-0.1, -0.05) is 38.7 Å². The first-order valence-electron chi connectivity index (χ1n) is 9.16. The van der Waals surface area contributed by atoms with Gasteiger partial charge >= 0.3 is 6.03 Å². The summed E-state index contributed by atoms with van der Waals surface area (Å²) < 4.78 is 0. The first-order chi connectivity index (χ1) is 11.0. The van der Waals surface area contributed by atoms with E-state index in [1.165, 1.54) is 17.7 Å². The van der Waals surface area contributed by atoms with Crippen LogP contribution in [0.4, 0.5) is 4.79 Å². The predicted octanol–water partition coefficient (Wildman–Crippen LogP) is 4.60. The Morgan fingerprint density at radius 3 is 2.35 bits per heavy atom. The SMILES string of the molecule is C=CCCCCCC[C@H](CCC)C(=O)N1C(=O)N(C)[C@@H](C)[C@H]1C. The molecule has 0 aliphatic carbocycles. The van der Waals surface area contributed by atoms with E-state index in [9.17, 15) is 9.59 Å². The van der Waals surface area contributed by atoms with Crippen molar-refractivity contribution in [3.8, 4) is 0 Å². The normalized spacial score (nSPS) is 22.5. The quantitative estimate of drug-likeness (QED) is 0.435. The monoisotopic (exact) mass is 322 g/mol. The Hall–Kier alpha value is -1.32. The van der Waals surface area contributed by atoms with E-state index in [1.807, 2.05) is 19.9 Å². The lowest BCUT2D eigenvalue weighted by Gasteiger charge is -2.25. The number of allylic oxidation sites excluding steroid dienone is 1. The van der Waals surface area contributed by atoms with Crippen LogP contribution in [0.2, 0.25) is 0 Å². The van der Waals surface area contributed by atoms with Crippen molar-refractivity contribution in [2.24, 2.45) is 5.92 Å². The van der Waals surface area contributed by atoms with Crippen LogP contribution in [0.1, 0.15) is 72.1 Å². The molecule has 0 aromatic carbocycles. The Balaban J connectivity index is 2.57. The molecule has 0 bridgehead atoms. The largest absolute Gasteiger partial charge is 0.327 e. The van der Waals surface area contributed by atoms with E-state index >= 15 is 0 Å². The minimum atomic E-state index is -0.137. The first kappa shape index (κ1) is 19.7. The number of hydrogen-bond acceptors (Lipinski definition) is 2. The van der Waals surface area contributed by atoms with Gasteiger partial charge in [0.2, 0.25) is 5.91 Å². The minimum absolute atomic E-state index is 0.00972. The van der Waals surface area contributed by atoms with E-state index in [0.717, 1.165) is 38.5 Å². The van der Waals surface area contributed by atoms with Gasteiger partial charge in [-0.05, 0) is 39.5 Å². The van der Waals surface area contributed by atoms with Crippen molar-refractivity contribution in [3.63, 3.8) is 0 Å². The van der Waals surface area contributed by atoms with Crippen LogP contribution in [0.15, 0.2) is 12.7 Å². The van der Waals surface area contributed by atoms with Crippen LogP contribution in [0.25, 0.3) is 0 Å². The zero-order valence-electron chi connectivity index (χ0n) is 15.4. The van der Waals surface area contributed by atoms with Gasteiger partial charge in [0.05, 0.1) is 12.1 Å². The Morgan fingerprint density at radius 2 is 1.83 bits per heavy atom. The molecule has 0 radical (unpaired) electrons. The van der Waals surface area contributed by atoms with Crippen molar-refractivity contribution in [2.75, 3.05) is 7.05 Å². The summed E-state index contributed by atoms with van der Waals surface area (Å²) in [5, 5.41) is 0. The van der Waals surface area contributed by atoms with Crippen LogP contribution in [0, 0.1) is 5.92 Å². The lowest BCUT2D eigenvalue weighted by Crippen LogP contribution is -2.42. The molecule has 1 heterocycles. The molecule has 3 atom stereocenters. The van der Waals surface area contributed by atoms with Crippen molar-refractivity contribution in [3.05, 3.63) is 12.7 Å². The highest BCUT2D eigenvalue weighted by molar-refractivity contribution is 5.97. The van der Waals surface area contributed by atoms with Crippen molar-refractivity contribution < 1.29 is 9.59 Å². The fraction of sp³-hybridized carbons (Fsp3) is 0.789. The molecule has 132 valence electrons. The lowest BCUT2D eigenvalue weighted by atomic mass is 9.94. The number of nitrogens with zero attached hydrogens (tertiary/aromatic N) is 2. The Labute approximate surface area is 141 Å². The van der Waals surface area contributed by atoms with Crippen molar-refractivity contribution in [1.82, 2.24) is 9.80 Å². The van der Waals surface area contributed by atoms with Gasteiger partial charge in [-0.3, -0.25) is 9.69 Å². The molecule has 1 aliphatic rings. The third-order valence-electron chi connectivity index (χ3n) is 5.16. The highest BCUT2D eigenvalue weighted by atomic mass is 16.2. The fourth-order valence-corrected chi connectivity index (χ4v) is 3.32. The Kier molecular flexibility index (Phi) is 8.35. The van der Waals surface area contributed by atoms with Crippen LogP contribution in [0.5, 0.6) is 0 Å². The smallest absolute Gasteiger partial charge is 0.323 e. The summed E-state index contributed by atoms with van der Waals surface area (Å²) >= 11 is 0. The number of urea groups is 1. The molecule has 1 saturated heterocycles. The topological polar surface area (TPSA) is 40.6 Å². The molecule has 1 aliphatic heterocycles. The number of rotatable bonds is 10. The molecular formula is C19H34N2O2. The summed E-state index contributed by atoms with van der Waals surface area (Å²) in [6.07, 6.45) is 10.4. The van der Waals surface area contributed by atoms with Gasteiger partial charge in [0, 0.05) is 13.0 Å². The van der Waals surface area contributed by atoms with Crippen LogP contribution < -0.4 is 0 Å². The first-order valence-corrected chi connectivity index (χ1v) is 9.16. The van der Waals surface area contributed by atoms with Crippen LogP contribution in [0.3, 0.4) is 0 Å². The second kappa shape index (κ2) is 9.74. The summed E-state index contributed by atoms with van der Waals surface area (Å²) in [5.41, 5.74) is 0. The van der Waals surface area contributed by atoms with Gasteiger partial charge in [0.25, 0.3) is 0 Å². The number of carbonyl (C=O) groups is 2. The van der Waals surface area contributed by atoms with Crippen molar-refractivity contribution in [1.29, 1.82) is 0 Å². The van der Waals surface area contributed by atoms with E-state index in [1.54, 1.807) is 11.9 Å². The molecule has 0 saturated carbocycles. The molecule has 1 fully saturated rings. The van der Waals surface area contributed by atoms with Crippen LogP contribution in [-0.4, -0.2) is 40.9 Å². The summed E-state index contributed by atoms with van der Waals surface area (Å²) in [6, 6.07) is -0.0818. The van der Waals surface area contributed by atoms with Crippen molar-refractivity contribution >= 4 is 11.9 Å². The van der Waals surface area contributed by atoms with E-state index < -0.39 is 0 Å². The maximum atomic E-state index is 12.9. The van der Waals surface area contributed by atoms with Crippen LogP contribution in [-0.2, 0) is 4.79 Å². The molecule has 1 rings (SSSR count). The lowest BCUT2D eigenvalue weighted by molar-refractivity contribution is -0.133. The van der Waals surface area contributed by atoms with Gasteiger partial charge < -0.3 is 4.90 Å². The molecule has 3 amide bonds. The van der Waals surface area contributed by atoms with Gasteiger partial charge in [-0.25, -0.2) is 4.79 Å². The van der Waals surface area contributed by atoms with Gasteiger partial charge in [0.15, 0.2) is 0 Å². The number of amides is 3. The summed E-state index contributed by atoms with van der Waals surface area (Å²) in [7, 11) is 1.78. The van der Waals surface area contributed by atoms with E-state index in [4.69, 9.17) is 0 Å². The van der Waals surface area contributed by atoms with Crippen molar-refractivity contribution in [2.45, 2.75) is 84.2 Å². The Morgan fingerprint density at radius 1 is 1.17 bits per heavy atom. The molecule has 23 heavy (non-hydrogen) atoms. The third kappa shape index (κ3) is 5.08. The molecule has 0 unspecified atom stereocenters. The molecular weight excluding hydrogens is 288 g/mol. The zero-order valence-corrected chi connectivity index (χ0v) is 15.4. The standard InChI is InChI=1S/C19H34N2O2/c1-6-8-9-10-11-12-14-17(13-7-2)18(22)21-16(4)15(3)20(5)19(21)23/h6,15-17H,1,7-14H2,2-5H3/t15-,16+,17-/m0/s1. The van der Waals surface area contributed by atoms with Gasteiger partial charge in [0.1, 0.15) is 0 Å². The molecule has 4 heteroatoms. The number of carbonyl (C=O) groups excluding carboxylic acids is 2. The van der Waals surface area contributed by atoms with Gasteiger partial charge in [-0.15, -0.1) is 6.58 Å². The zero-order chi connectivity index (χ0) is 17.4. The Bertz CT molecular complexity index is 408. The molecule has 0 aromatic heterocycles. The fourth-order valence-electron chi connectivity index (χ4n) is 3.32. The second-order valence-electron chi connectivity index (χ2n) is 6.85. The number of likely N-dealkylation sites (N-methyl/N-ethyl adjacent to an activating group) is 1. The summed E-state index contributed by atoms with van der Waals surface area (Å²) in [5.74, 6) is 0.0242. The summed E-state index contributed by atoms with van der Waals surface area (Å²) in [6.45, 7) is 9.82. The number of unbranched alkanes of at least 4 members (excludes halogenated alkanes) is 4. The maximum absolute atomic E-state index is 12.9. The minimum Gasteiger partial charge on any atom is -0.323 e.